The number of nitrogens with zero attached hydrogens (tertiary/aromatic N) is 4. The Morgan fingerprint density at radius 1 is 1.12 bits per heavy atom. The second kappa shape index (κ2) is 5.42. The van der Waals surface area contributed by atoms with Crippen molar-refractivity contribution in [2.45, 2.75) is 13.0 Å². The molecule has 0 fully saturated rings. The molecule has 0 unspecified atom stereocenters. The van der Waals surface area contributed by atoms with Gasteiger partial charge in [-0.2, -0.15) is 5.10 Å². The van der Waals surface area contributed by atoms with Crippen LogP contribution in [0.4, 0.5) is 5.82 Å². The molecule has 0 spiro atoms. The van der Waals surface area contributed by atoms with Crippen LogP contribution in [0.25, 0.3) is 21.3 Å². The lowest BCUT2D eigenvalue weighted by molar-refractivity contribution is 0.713. The number of anilines is 1. The second-order valence-corrected chi connectivity index (χ2v) is 6.80. The van der Waals surface area contributed by atoms with Crippen LogP contribution >= 0.6 is 11.3 Å². The number of hydrogen-bond acceptors (Lipinski definition) is 5. The van der Waals surface area contributed by atoms with Crippen molar-refractivity contribution in [1.29, 1.82) is 0 Å². The molecule has 0 radical (unpaired) electrons. The average Bonchev–Trinajstić information content (AvgIpc) is 3.28. The Morgan fingerprint density at radius 2 is 2.04 bits per heavy atom. The van der Waals surface area contributed by atoms with Gasteiger partial charge in [-0.05, 0) is 5.56 Å². The van der Waals surface area contributed by atoms with E-state index in [1.165, 1.54) is 22.4 Å². The monoisotopic (exact) mass is 333 g/mol. The van der Waals surface area contributed by atoms with Crippen molar-refractivity contribution in [3.8, 4) is 11.1 Å². The zero-order valence-electron chi connectivity index (χ0n) is 12.9. The van der Waals surface area contributed by atoms with Gasteiger partial charge >= 0.3 is 0 Å². The van der Waals surface area contributed by atoms with Gasteiger partial charge in [0, 0.05) is 41.7 Å². The summed E-state index contributed by atoms with van der Waals surface area (Å²) in [5.74, 6) is 1.02. The van der Waals surface area contributed by atoms with E-state index in [9.17, 15) is 0 Å². The number of H-pyrrole nitrogens is 1. The molecule has 0 aliphatic carbocycles. The summed E-state index contributed by atoms with van der Waals surface area (Å²) in [6, 6.07) is 10.5. The molecule has 0 atom stereocenters. The summed E-state index contributed by atoms with van der Waals surface area (Å²) < 4.78 is 0. The molecule has 0 saturated heterocycles. The van der Waals surface area contributed by atoms with Crippen LogP contribution in [0, 0.1) is 0 Å². The molecule has 5 nitrogen and oxygen atoms in total. The molecule has 5 rings (SSSR count). The lowest BCUT2D eigenvalue weighted by Crippen LogP contribution is -2.30. The van der Waals surface area contributed by atoms with Crippen LogP contribution in [0.2, 0.25) is 0 Å². The molecule has 6 heteroatoms. The van der Waals surface area contributed by atoms with Gasteiger partial charge in [-0.15, -0.1) is 11.3 Å². The maximum absolute atomic E-state index is 4.64. The fourth-order valence-electron chi connectivity index (χ4n) is 3.33. The van der Waals surface area contributed by atoms with E-state index in [2.05, 4.69) is 54.7 Å². The van der Waals surface area contributed by atoms with E-state index in [4.69, 9.17) is 0 Å². The van der Waals surface area contributed by atoms with Crippen molar-refractivity contribution in [1.82, 2.24) is 20.2 Å². The summed E-state index contributed by atoms with van der Waals surface area (Å²) in [5.41, 5.74) is 4.92. The summed E-state index contributed by atoms with van der Waals surface area (Å²) >= 11 is 1.68. The maximum Gasteiger partial charge on any atom is 0.141 e. The normalized spacial score (nSPS) is 14.1. The van der Waals surface area contributed by atoms with Crippen LogP contribution < -0.4 is 4.90 Å². The highest BCUT2D eigenvalue weighted by Gasteiger charge is 2.22. The van der Waals surface area contributed by atoms with E-state index < -0.39 is 0 Å². The molecule has 0 bridgehead atoms. The first-order valence-corrected chi connectivity index (χ1v) is 8.82. The summed E-state index contributed by atoms with van der Waals surface area (Å²) in [7, 11) is 0. The number of benzene rings is 1. The molecule has 1 aromatic carbocycles. The average molecular weight is 333 g/mol. The Bertz CT molecular complexity index is 1000. The summed E-state index contributed by atoms with van der Waals surface area (Å²) in [6.07, 6.45) is 4.56. The third-order valence-corrected chi connectivity index (χ3v) is 5.42. The van der Waals surface area contributed by atoms with Gasteiger partial charge in [0.2, 0.25) is 0 Å². The zero-order valence-corrected chi connectivity index (χ0v) is 13.8. The largest absolute Gasteiger partial charge is 0.351 e. The van der Waals surface area contributed by atoms with E-state index in [1.807, 2.05) is 12.3 Å². The molecule has 3 aromatic heterocycles. The summed E-state index contributed by atoms with van der Waals surface area (Å²) in [6.45, 7) is 1.77. The fourth-order valence-corrected chi connectivity index (χ4v) is 4.24. The third kappa shape index (κ3) is 2.11. The van der Waals surface area contributed by atoms with Crippen molar-refractivity contribution in [3.63, 3.8) is 0 Å². The van der Waals surface area contributed by atoms with Gasteiger partial charge in [0.05, 0.1) is 11.6 Å². The zero-order chi connectivity index (χ0) is 15.9. The Kier molecular flexibility index (Phi) is 3.09. The third-order valence-electron chi connectivity index (χ3n) is 4.53. The molecule has 4 aromatic rings. The first-order chi connectivity index (χ1) is 11.9. The second-order valence-electron chi connectivity index (χ2n) is 5.94. The Hall–Kier alpha value is -2.73. The minimum absolute atomic E-state index is 0.835. The Balaban J connectivity index is 1.66. The summed E-state index contributed by atoms with van der Waals surface area (Å²) in [4.78, 5) is 12.5. The molecule has 24 heavy (non-hydrogen) atoms. The lowest BCUT2D eigenvalue weighted by atomic mass is 10.0. The van der Waals surface area contributed by atoms with Crippen molar-refractivity contribution < 1.29 is 0 Å². The van der Waals surface area contributed by atoms with Gasteiger partial charge in [-0.1, -0.05) is 30.3 Å². The Labute approximate surface area is 143 Å². The van der Waals surface area contributed by atoms with Crippen LogP contribution in [0.5, 0.6) is 0 Å². The highest BCUT2D eigenvalue weighted by Crippen LogP contribution is 2.38. The maximum atomic E-state index is 4.64. The molecule has 4 heterocycles. The number of aromatic nitrogens is 4. The highest BCUT2D eigenvalue weighted by atomic mass is 32.1. The molecule has 1 aliphatic heterocycles. The molecular formula is C18H15N5S. The fraction of sp³-hybridized carbons (Fsp3) is 0.167. The van der Waals surface area contributed by atoms with Crippen LogP contribution in [0.1, 0.15) is 11.3 Å². The van der Waals surface area contributed by atoms with E-state index in [0.29, 0.717) is 0 Å². The van der Waals surface area contributed by atoms with Gasteiger partial charge in [-0.3, -0.25) is 5.10 Å². The predicted octanol–water partition coefficient (Wildman–Crippen LogP) is 3.64. The SMILES string of the molecule is c1ccc(-c2csc3ncnc(N4CCc5[nH]ncc5C4)c23)cc1. The van der Waals surface area contributed by atoms with E-state index in [0.717, 1.165) is 35.5 Å². The van der Waals surface area contributed by atoms with Crippen molar-refractivity contribution in [3.05, 3.63) is 59.5 Å². The number of thiophene rings is 1. The van der Waals surface area contributed by atoms with Crippen LogP contribution in [-0.2, 0) is 13.0 Å². The van der Waals surface area contributed by atoms with E-state index in [1.54, 1.807) is 17.7 Å². The summed E-state index contributed by atoms with van der Waals surface area (Å²) in [5, 5.41) is 10.6. The molecular weight excluding hydrogens is 318 g/mol. The van der Waals surface area contributed by atoms with Crippen LogP contribution in [-0.4, -0.2) is 26.7 Å². The number of aromatic amines is 1. The lowest BCUT2D eigenvalue weighted by Gasteiger charge is -2.28. The van der Waals surface area contributed by atoms with Crippen molar-refractivity contribution in [2.24, 2.45) is 0 Å². The van der Waals surface area contributed by atoms with Gasteiger partial charge in [0.1, 0.15) is 17.0 Å². The molecule has 0 saturated carbocycles. The highest BCUT2D eigenvalue weighted by molar-refractivity contribution is 7.17. The minimum Gasteiger partial charge on any atom is -0.351 e. The Morgan fingerprint density at radius 3 is 2.96 bits per heavy atom. The van der Waals surface area contributed by atoms with Gasteiger partial charge in [-0.25, -0.2) is 9.97 Å². The van der Waals surface area contributed by atoms with Gasteiger partial charge in [0.15, 0.2) is 0 Å². The minimum atomic E-state index is 0.835. The smallest absolute Gasteiger partial charge is 0.141 e. The van der Waals surface area contributed by atoms with Crippen molar-refractivity contribution >= 4 is 27.4 Å². The predicted molar refractivity (Wildman–Crippen MR) is 96.2 cm³/mol. The van der Waals surface area contributed by atoms with Crippen LogP contribution in [0.15, 0.2) is 48.2 Å². The van der Waals surface area contributed by atoms with Gasteiger partial charge < -0.3 is 4.90 Å². The number of hydrogen-bond donors (Lipinski definition) is 1. The molecule has 118 valence electrons. The number of rotatable bonds is 2. The molecule has 1 N–H and O–H groups in total. The number of nitrogens with one attached hydrogen (secondary N) is 1. The topological polar surface area (TPSA) is 57.7 Å². The number of fused-ring (bicyclic) bond motifs is 2. The first-order valence-electron chi connectivity index (χ1n) is 7.94. The van der Waals surface area contributed by atoms with Crippen molar-refractivity contribution in [2.75, 3.05) is 11.4 Å². The molecule has 1 aliphatic rings. The quantitative estimate of drug-likeness (QED) is 0.608. The standard InChI is InChI=1S/C18H15N5S/c1-2-4-12(5-3-1)14-10-24-18-16(14)17(19-11-20-18)23-7-6-15-13(9-23)8-21-22-15/h1-5,8,10-11H,6-7,9H2,(H,21,22). The molecule has 0 amide bonds. The van der Waals surface area contributed by atoms with E-state index in [-0.39, 0.29) is 0 Å². The van der Waals surface area contributed by atoms with Crippen LogP contribution in [0.3, 0.4) is 0 Å². The first kappa shape index (κ1) is 13.7. The van der Waals surface area contributed by atoms with Gasteiger partial charge in [0.25, 0.3) is 0 Å². The van der Waals surface area contributed by atoms with E-state index >= 15 is 0 Å².